The molecule has 2 rings (SSSR count). The smallest absolute Gasteiger partial charge is 0.227 e. The summed E-state index contributed by atoms with van der Waals surface area (Å²) in [4.78, 5) is 14.1. The lowest BCUT2D eigenvalue weighted by molar-refractivity contribution is -0.118. The fourth-order valence-corrected chi connectivity index (χ4v) is 2.25. The van der Waals surface area contributed by atoms with Gasteiger partial charge in [0.1, 0.15) is 0 Å². The van der Waals surface area contributed by atoms with E-state index in [9.17, 15) is 4.79 Å². The monoisotopic (exact) mass is 282 g/mol. The molecule has 0 fully saturated rings. The molecule has 2 aromatic carbocycles. The van der Waals surface area contributed by atoms with Crippen molar-refractivity contribution in [1.29, 1.82) is 0 Å². The van der Waals surface area contributed by atoms with E-state index in [4.69, 9.17) is 5.73 Å². The van der Waals surface area contributed by atoms with Crippen LogP contribution in [0.4, 0.5) is 11.4 Å². The summed E-state index contributed by atoms with van der Waals surface area (Å²) in [5.41, 5.74) is 9.68. The quantitative estimate of drug-likeness (QED) is 0.868. The Bertz CT molecular complexity index is 602. The molecule has 0 heterocycles. The molecule has 1 amide bonds. The molecule has 0 radical (unpaired) electrons. The van der Waals surface area contributed by atoms with Crippen molar-refractivity contribution in [2.45, 2.75) is 26.2 Å². The third-order valence-corrected chi connectivity index (χ3v) is 3.78. The van der Waals surface area contributed by atoms with Crippen LogP contribution in [0.2, 0.25) is 0 Å². The summed E-state index contributed by atoms with van der Waals surface area (Å²) >= 11 is 0. The average molecular weight is 282 g/mol. The van der Waals surface area contributed by atoms with Crippen LogP contribution in [0.5, 0.6) is 0 Å². The number of hydrogen-bond donors (Lipinski definition) is 1. The normalized spacial score (nSPS) is 12.0. The number of anilines is 2. The predicted octanol–water partition coefficient (Wildman–Crippen LogP) is 3.73. The number of hydrogen-bond acceptors (Lipinski definition) is 2. The molecule has 0 bridgehead atoms. The SMILES string of the molecule is Cc1ccc(N(C)C(=O)CC(C)c2ccc(N)cc2)cc1. The van der Waals surface area contributed by atoms with Crippen LogP contribution in [0.25, 0.3) is 0 Å². The number of rotatable bonds is 4. The average Bonchev–Trinajstić information content (AvgIpc) is 2.47. The molecule has 0 saturated heterocycles. The van der Waals surface area contributed by atoms with Crippen molar-refractivity contribution in [2.75, 3.05) is 17.7 Å². The molecular weight excluding hydrogens is 260 g/mol. The van der Waals surface area contributed by atoms with E-state index < -0.39 is 0 Å². The van der Waals surface area contributed by atoms with Gasteiger partial charge in [-0.3, -0.25) is 4.79 Å². The topological polar surface area (TPSA) is 46.3 Å². The van der Waals surface area contributed by atoms with Gasteiger partial charge in [-0.05, 0) is 42.7 Å². The van der Waals surface area contributed by atoms with E-state index >= 15 is 0 Å². The maximum absolute atomic E-state index is 12.4. The standard InChI is InChI=1S/C18H22N2O/c1-13-4-10-17(11-5-13)20(3)18(21)12-14(2)15-6-8-16(19)9-7-15/h4-11,14H,12,19H2,1-3H3. The summed E-state index contributed by atoms with van der Waals surface area (Å²) in [6.45, 7) is 4.10. The van der Waals surface area contributed by atoms with Crippen LogP contribution in [0.15, 0.2) is 48.5 Å². The first-order valence-corrected chi connectivity index (χ1v) is 7.16. The second-order valence-electron chi connectivity index (χ2n) is 5.56. The first kappa shape index (κ1) is 15.1. The molecule has 3 heteroatoms. The van der Waals surface area contributed by atoms with Crippen molar-refractivity contribution >= 4 is 17.3 Å². The molecule has 1 unspecified atom stereocenters. The van der Waals surface area contributed by atoms with Gasteiger partial charge >= 0.3 is 0 Å². The third kappa shape index (κ3) is 3.85. The van der Waals surface area contributed by atoms with Gasteiger partial charge < -0.3 is 10.6 Å². The fourth-order valence-electron chi connectivity index (χ4n) is 2.25. The number of nitrogens with zero attached hydrogens (tertiary/aromatic N) is 1. The van der Waals surface area contributed by atoms with Gasteiger partial charge in [-0.1, -0.05) is 36.8 Å². The number of carbonyl (C=O) groups excluding carboxylic acids is 1. The summed E-state index contributed by atoms with van der Waals surface area (Å²) in [5.74, 6) is 0.286. The van der Waals surface area contributed by atoms with Gasteiger partial charge in [0.2, 0.25) is 5.91 Å². The molecule has 0 aromatic heterocycles. The molecule has 0 aliphatic rings. The minimum Gasteiger partial charge on any atom is -0.399 e. The second-order valence-corrected chi connectivity index (χ2v) is 5.56. The number of benzene rings is 2. The zero-order chi connectivity index (χ0) is 15.4. The summed E-state index contributed by atoms with van der Waals surface area (Å²) in [6.07, 6.45) is 0.480. The highest BCUT2D eigenvalue weighted by Crippen LogP contribution is 2.22. The molecule has 110 valence electrons. The molecule has 0 saturated carbocycles. The first-order chi connectivity index (χ1) is 9.97. The number of amides is 1. The van der Waals surface area contributed by atoms with Gasteiger partial charge in [0.25, 0.3) is 0 Å². The lowest BCUT2D eigenvalue weighted by Gasteiger charge is -2.20. The van der Waals surface area contributed by atoms with Gasteiger partial charge in [-0.2, -0.15) is 0 Å². The van der Waals surface area contributed by atoms with Crippen molar-refractivity contribution in [1.82, 2.24) is 0 Å². The zero-order valence-corrected chi connectivity index (χ0v) is 12.8. The van der Waals surface area contributed by atoms with E-state index in [0.717, 1.165) is 16.9 Å². The van der Waals surface area contributed by atoms with Gasteiger partial charge in [-0.25, -0.2) is 0 Å². The maximum Gasteiger partial charge on any atom is 0.227 e. The molecule has 2 N–H and O–H groups in total. The summed E-state index contributed by atoms with van der Waals surface area (Å²) < 4.78 is 0. The van der Waals surface area contributed by atoms with E-state index in [1.807, 2.05) is 62.5 Å². The van der Waals surface area contributed by atoms with Crippen molar-refractivity contribution < 1.29 is 4.79 Å². The molecule has 2 aromatic rings. The third-order valence-electron chi connectivity index (χ3n) is 3.78. The fraction of sp³-hybridized carbons (Fsp3) is 0.278. The molecule has 1 atom stereocenters. The number of nitrogen functional groups attached to an aromatic ring is 1. The molecule has 0 spiro atoms. The molecular formula is C18H22N2O. The first-order valence-electron chi connectivity index (χ1n) is 7.16. The number of carbonyl (C=O) groups is 1. The Morgan fingerprint density at radius 1 is 1.10 bits per heavy atom. The van der Waals surface area contributed by atoms with Crippen LogP contribution in [0, 0.1) is 6.92 Å². The van der Waals surface area contributed by atoms with Crippen LogP contribution in [-0.4, -0.2) is 13.0 Å². The van der Waals surface area contributed by atoms with E-state index in [2.05, 4.69) is 6.92 Å². The Kier molecular flexibility index (Phi) is 4.63. The van der Waals surface area contributed by atoms with Crippen molar-refractivity contribution in [2.24, 2.45) is 0 Å². The van der Waals surface area contributed by atoms with Gasteiger partial charge in [0.15, 0.2) is 0 Å². The van der Waals surface area contributed by atoms with Crippen molar-refractivity contribution in [3.8, 4) is 0 Å². The zero-order valence-electron chi connectivity index (χ0n) is 12.8. The summed E-state index contributed by atoms with van der Waals surface area (Å²) in [7, 11) is 1.82. The Balaban J connectivity index is 2.03. The van der Waals surface area contributed by atoms with Crippen molar-refractivity contribution in [3.05, 3.63) is 59.7 Å². The van der Waals surface area contributed by atoms with Gasteiger partial charge in [-0.15, -0.1) is 0 Å². The highest BCUT2D eigenvalue weighted by atomic mass is 16.2. The van der Waals surface area contributed by atoms with Crippen LogP contribution in [0.3, 0.4) is 0 Å². The molecule has 0 aliphatic carbocycles. The van der Waals surface area contributed by atoms with E-state index in [1.165, 1.54) is 5.56 Å². The van der Waals surface area contributed by atoms with E-state index in [1.54, 1.807) is 4.90 Å². The highest BCUT2D eigenvalue weighted by molar-refractivity contribution is 5.93. The molecule has 21 heavy (non-hydrogen) atoms. The van der Waals surface area contributed by atoms with Crippen molar-refractivity contribution in [3.63, 3.8) is 0 Å². The minimum absolute atomic E-state index is 0.114. The Hall–Kier alpha value is -2.29. The number of nitrogens with two attached hydrogens (primary N) is 1. The lowest BCUT2D eigenvalue weighted by atomic mass is 9.97. The summed E-state index contributed by atoms with van der Waals surface area (Å²) in [5, 5.41) is 0. The van der Waals surface area contributed by atoms with Crippen LogP contribution < -0.4 is 10.6 Å². The molecule has 3 nitrogen and oxygen atoms in total. The Morgan fingerprint density at radius 3 is 2.24 bits per heavy atom. The predicted molar refractivity (Wildman–Crippen MR) is 88.5 cm³/mol. The van der Waals surface area contributed by atoms with Gasteiger partial charge in [0.05, 0.1) is 0 Å². The number of aryl methyl sites for hydroxylation is 1. The Morgan fingerprint density at radius 2 is 1.67 bits per heavy atom. The van der Waals surface area contributed by atoms with Crippen LogP contribution >= 0.6 is 0 Å². The van der Waals surface area contributed by atoms with Gasteiger partial charge in [0, 0.05) is 24.8 Å². The van der Waals surface area contributed by atoms with Crippen LogP contribution in [-0.2, 0) is 4.79 Å². The maximum atomic E-state index is 12.4. The second kappa shape index (κ2) is 6.44. The largest absolute Gasteiger partial charge is 0.399 e. The lowest BCUT2D eigenvalue weighted by Crippen LogP contribution is -2.27. The minimum atomic E-state index is 0.114. The molecule has 0 aliphatic heterocycles. The van der Waals surface area contributed by atoms with Crippen LogP contribution in [0.1, 0.15) is 30.4 Å². The summed E-state index contributed by atoms with van der Waals surface area (Å²) in [6, 6.07) is 15.7. The van der Waals surface area contributed by atoms with E-state index in [-0.39, 0.29) is 11.8 Å². The Labute approximate surface area is 126 Å². The highest BCUT2D eigenvalue weighted by Gasteiger charge is 2.16. The van der Waals surface area contributed by atoms with E-state index in [0.29, 0.717) is 6.42 Å².